The molecule has 0 saturated heterocycles. The summed E-state index contributed by atoms with van der Waals surface area (Å²) in [6.45, 7) is 6.71. The number of ether oxygens (including phenoxy) is 1. The molecule has 32 heavy (non-hydrogen) atoms. The average Bonchev–Trinajstić information content (AvgIpc) is 2.78. The van der Waals surface area contributed by atoms with Crippen molar-refractivity contribution in [2.45, 2.75) is 32.7 Å². The van der Waals surface area contributed by atoms with Gasteiger partial charge in [0.05, 0.1) is 0 Å². The molecule has 2 aromatic carbocycles. The smallest absolute Gasteiger partial charge is 0.319 e. The molecule has 1 heterocycles. The zero-order chi connectivity index (χ0) is 23.1. The van der Waals surface area contributed by atoms with Crippen LogP contribution in [0.5, 0.6) is 11.5 Å². The Bertz CT molecular complexity index is 1090. The lowest BCUT2D eigenvalue weighted by molar-refractivity contribution is 0.0958. The van der Waals surface area contributed by atoms with Crippen LogP contribution in [-0.2, 0) is 12.0 Å². The Morgan fingerprint density at radius 1 is 0.969 bits per heavy atom. The monoisotopic (exact) mass is 432 g/mol. The Kier molecular flexibility index (Phi) is 7.10. The topological polar surface area (TPSA) is 92.4 Å². The van der Waals surface area contributed by atoms with E-state index in [-0.39, 0.29) is 23.0 Å². The van der Waals surface area contributed by atoms with Crippen molar-refractivity contribution in [1.82, 2.24) is 15.6 Å². The number of para-hydroxylation sites is 1. The maximum absolute atomic E-state index is 12.4. The summed E-state index contributed by atoms with van der Waals surface area (Å²) in [5, 5.41) is 8.35. The van der Waals surface area contributed by atoms with Crippen LogP contribution in [0.1, 0.15) is 42.4 Å². The molecule has 0 radical (unpaired) electrons. The Balaban J connectivity index is 1.57. The van der Waals surface area contributed by atoms with Gasteiger partial charge in [0.2, 0.25) is 0 Å². The molecule has 0 saturated carbocycles. The number of aromatic nitrogens is 1. The van der Waals surface area contributed by atoms with Gasteiger partial charge in [-0.25, -0.2) is 4.79 Å². The summed E-state index contributed by atoms with van der Waals surface area (Å²) in [5.41, 5.74) is 3.01. The highest BCUT2D eigenvalue weighted by atomic mass is 16.5. The van der Waals surface area contributed by atoms with Crippen molar-refractivity contribution >= 4 is 17.6 Å². The van der Waals surface area contributed by atoms with E-state index in [1.54, 1.807) is 19.2 Å². The van der Waals surface area contributed by atoms with E-state index in [0.717, 1.165) is 16.8 Å². The minimum absolute atomic E-state index is 0.0738. The Labute approximate surface area is 188 Å². The zero-order valence-corrected chi connectivity index (χ0v) is 18.7. The second-order valence-corrected chi connectivity index (χ2v) is 8.31. The Morgan fingerprint density at radius 3 is 2.38 bits per heavy atom. The van der Waals surface area contributed by atoms with Crippen LogP contribution in [-0.4, -0.2) is 24.0 Å². The van der Waals surface area contributed by atoms with Crippen molar-refractivity contribution in [2.24, 2.45) is 0 Å². The number of anilines is 1. The van der Waals surface area contributed by atoms with Gasteiger partial charge in [-0.2, -0.15) is 0 Å². The Hall–Kier alpha value is -3.87. The number of hydrogen-bond donors (Lipinski definition) is 3. The van der Waals surface area contributed by atoms with E-state index >= 15 is 0 Å². The van der Waals surface area contributed by atoms with E-state index in [0.29, 0.717) is 18.0 Å². The summed E-state index contributed by atoms with van der Waals surface area (Å²) < 4.78 is 5.80. The molecule has 3 rings (SSSR count). The molecule has 1 aromatic heterocycles. The number of hydrogen-bond acceptors (Lipinski definition) is 4. The fourth-order valence-corrected chi connectivity index (χ4v) is 3.13. The van der Waals surface area contributed by atoms with E-state index in [9.17, 15) is 9.59 Å². The number of pyridine rings is 1. The molecule has 0 aliphatic carbocycles. The van der Waals surface area contributed by atoms with Crippen LogP contribution in [0.4, 0.5) is 10.5 Å². The molecular formula is C25H28N4O3. The van der Waals surface area contributed by atoms with Crippen LogP contribution in [0.2, 0.25) is 0 Å². The number of nitrogens with zero attached hydrogens (tertiary/aromatic N) is 1. The molecule has 0 spiro atoms. The minimum atomic E-state index is -0.278. The van der Waals surface area contributed by atoms with Gasteiger partial charge in [0, 0.05) is 31.5 Å². The summed E-state index contributed by atoms with van der Waals surface area (Å²) in [4.78, 5) is 28.1. The summed E-state index contributed by atoms with van der Waals surface area (Å²) in [5.74, 6) is 0.855. The number of urea groups is 1. The maximum atomic E-state index is 12.4. The van der Waals surface area contributed by atoms with Gasteiger partial charge in [-0.05, 0) is 40.8 Å². The molecule has 7 nitrogen and oxygen atoms in total. The van der Waals surface area contributed by atoms with Gasteiger partial charge >= 0.3 is 6.03 Å². The fourth-order valence-electron chi connectivity index (χ4n) is 3.13. The van der Waals surface area contributed by atoms with E-state index in [4.69, 9.17) is 4.74 Å². The largest absolute Gasteiger partial charge is 0.457 e. The highest BCUT2D eigenvalue weighted by molar-refractivity contribution is 5.92. The first-order valence-corrected chi connectivity index (χ1v) is 10.4. The molecule has 3 aromatic rings. The maximum Gasteiger partial charge on any atom is 0.319 e. The standard InChI is InChI=1S/C25H28N4O3/c1-25(2,3)20-7-5-6-8-21(20)29-24(31)28-16-17-9-11-18(12-10-17)32-19-13-14-27-22(15-19)23(30)26-4/h5-15H,16H2,1-4H3,(H,26,30)(H2,28,29,31). The van der Waals surface area contributed by atoms with Gasteiger partial charge in [-0.15, -0.1) is 0 Å². The van der Waals surface area contributed by atoms with Crippen LogP contribution in [0.25, 0.3) is 0 Å². The van der Waals surface area contributed by atoms with Gasteiger partial charge in [0.1, 0.15) is 17.2 Å². The number of benzene rings is 2. The summed E-state index contributed by atoms with van der Waals surface area (Å²) in [6.07, 6.45) is 1.52. The molecule has 3 N–H and O–H groups in total. The van der Waals surface area contributed by atoms with E-state index in [1.165, 1.54) is 6.20 Å². The predicted octanol–water partition coefficient (Wildman–Crippen LogP) is 4.85. The second-order valence-electron chi connectivity index (χ2n) is 8.31. The average molecular weight is 433 g/mol. The molecule has 7 heteroatoms. The third kappa shape index (κ3) is 6.07. The van der Waals surface area contributed by atoms with Gasteiger partial charge in [0.15, 0.2) is 0 Å². The third-order valence-corrected chi connectivity index (χ3v) is 4.79. The molecule has 166 valence electrons. The van der Waals surface area contributed by atoms with E-state index < -0.39 is 0 Å². The highest BCUT2D eigenvalue weighted by Gasteiger charge is 2.18. The zero-order valence-electron chi connectivity index (χ0n) is 18.7. The Morgan fingerprint density at radius 2 is 1.69 bits per heavy atom. The first-order valence-electron chi connectivity index (χ1n) is 10.4. The predicted molar refractivity (Wildman–Crippen MR) is 125 cm³/mol. The first-order chi connectivity index (χ1) is 15.3. The number of carbonyl (C=O) groups is 2. The number of rotatable bonds is 6. The quantitative estimate of drug-likeness (QED) is 0.519. The van der Waals surface area contributed by atoms with Crippen LogP contribution in [0, 0.1) is 0 Å². The third-order valence-electron chi connectivity index (χ3n) is 4.79. The lowest BCUT2D eigenvalue weighted by Gasteiger charge is -2.23. The van der Waals surface area contributed by atoms with Gasteiger partial charge in [-0.3, -0.25) is 9.78 Å². The van der Waals surface area contributed by atoms with Gasteiger partial charge < -0.3 is 20.7 Å². The highest BCUT2D eigenvalue weighted by Crippen LogP contribution is 2.29. The molecule has 0 bridgehead atoms. The summed E-state index contributed by atoms with van der Waals surface area (Å²) in [7, 11) is 1.55. The van der Waals surface area contributed by atoms with Crippen molar-refractivity contribution in [2.75, 3.05) is 12.4 Å². The molecule has 0 aliphatic rings. The van der Waals surface area contributed by atoms with E-state index in [1.807, 2.05) is 48.5 Å². The summed E-state index contributed by atoms with van der Waals surface area (Å²) >= 11 is 0. The molecule has 0 fully saturated rings. The lowest BCUT2D eigenvalue weighted by Crippen LogP contribution is -2.29. The van der Waals surface area contributed by atoms with Crippen LogP contribution in [0.15, 0.2) is 66.9 Å². The SMILES string of the molecule is CNC(=O)c1cc(Oc2ccc(CNC(=O)Nc3ccccc3C(C)(C)C)cc2)ccn1. The van der Waals surface area contributed by atoms with Crippen molar-refractivity contribution in [3.63, 3.8) is 0 Å². The van der Waals surface area contributed by atoms with Gasteiger partial charge in [-0.1, -0.05) is 51.1 Å². The van der Waals surface area contributed by atoms with Crippen molar-refractivity contribution in [3.8, 4) is 11.5 Å². The normalized spacial score (nSPS) is 10.9. The first kappa shape index (κ1) is 22.8. The van der Waals surface area contributed by atoms with Crippen molar-refractivity contribution in [3.05, 3.63) is 83.7 Å². The van der Waals surface area contributed by atoms with Gasteiger partial charge in [0.25, 0.3) is 5.91 Å². The molecule has 3 amide bonds. The van der Waals surface area contributed by atoms with Crippen molar-refractivity contribution in [1.29, 1.82) is 0 Å². The lowest BCUT2D eigenvalue weighted by atomic mass is 9.86. The van der Waals surface area contributed by atoms with Crippen LogP contribution < -0.4 is 20.7 Å². The number of carbonyl (C=O) groups excluding carboxylic acids is 2. The number of amides is 3. The molecule has 0 unspecified atom stereocenters. The second kappa shape index (κ2) is 9.96. The van der Waals surface area contributed by atoms with Crippen LogP contribution >= 0.6 is 0 Å². The van der Waals surface area contributed by atoms with Crippen LogP contribution in [0.3, 0.4) is 0 Å². The number of nitrogens with one attached hydrogen (secondary N) is 3. The molecular weight excluding hydrogens is 404 g/mol. The molecule has 0 atom stereocenters. The van der Waals surface area contributed by atoms with E-state index in [2.05, 4.69) is 41.7 Å². The van der Waals surface area contributed by atoms with Crippen molar-refractivity contribution < 1.29 is 14.3 Å². The summed E-state index contributed by atoms with van der Waals surface area (Å²) in [6, 6.07) is 18.2. The minimum Gasteiger partial charge on any atom is -0.457 e. The molecule has 0 aliphatic heterocycles. The fraction of sp³-hybridized carbons (Fsp3) is 0.240.